The minimum atomic E-state index is -0.00382. The van der Waals surface area contributed by atoms with Gasteiger partial charge in [0.05, 0.1) is 19.3 Å². The maximum absolute atomic E-state index is 5.97. The number of piperidine rings is 1. The Bertz CT molecular complexity index is 791. The molecule has 7 heteroatoms. The Morgan fingerprint density at radius 1 is 1.20 bits per heavy atom. The standard InChI is InChI=1S/C23H33N5O2/c1-18(30-22-9-6-8-21(15-22)29-3)16-26-23(24-2)27-19-10-13-28(14-11-19)17-20-7-4-5-12-25-20/h4-9,12,15,18-19H,10-11,13-14,16-17H2,1-3H3,(H2,24,26,27). The summed E-state index contributed by atoms with van der Waals surface area (Å²) in [5, 5.41) is 6.92. The van der Waals surface area contributed by atoms with E-state index in [1.54, 1.807) is 14.2 Å². The zero-order valence-electron chi connectivity index (χ0n) is 18.2. The van der Waals surface area contributed by atoms with Crippen molar-refractivity contribution in [3.05, 3.63) is 54.4 Å². The summed E-state index contributed by atoms with van der Waals surface area (Å²) in [6.45, 7) is 5.73. The van der Waals surface area contributed by atoms with Crippen LogP contribution in [-0.4, -0.2) is 61.8 Å². The Balaban J connectivity index is 1.38. The molecule has 1 aliphatic heterocycles. The van der Waals surface area contributed by atoms with Gasteiger partial charge in [0.1, 0.15) is 17.6 Å². The lowest BCUT2D eigenvalue weighted by atomic mass is 10.0. The lowest BCUT2D eigenvalue weighted by Gasteiger charge is -2.33. The maximum atomic E-state index is 5.97. The van der Waals surface area contributed by atoms with Gasteiger partial charge in [-0.15, -0.1) is 0 Å². The Morgan fingerprint density at radius 2 is 2.00 bits per heavy atom. The third-order valence-corrected chi connectivity index (χ3v) is 5.20. The normalized spacial score (nSPS) is 16.7. The summed E-state index contributed by atoms with van der Waals surface area (Å²) in [6, 6.07) is 14.2. The fourth-order valence-electron chi connectivity index (χ4n) is 3.53. The summed E-state index contributed by atoms with van der Waals surface area (Å²) in [6.07, 6.45) is 4.03. The number of rotatable bonds is 8. The van der Waals surface area contributed by atoms with Crippen LogP contribution in [0.5, 0.6) is 11.5 Å². The van der Waals surface area contributed by atoms with Crippen molar-refractivity contribution in [2.75, 3.05) is 33.8 Å². The molecule has 2 heterocycles. The molecule has 2 N–H and O–H groups in total. The summed E-state index contributed by atoms with van der Waals surface area (Å²) in [7, 11) is 3.46. The SMILES string of the molecule is CN=C(NCC(C)Oc1cccc(OC)c1)NC1CCN(Cc2ccccn2)CC1. The van der Waals surface area contributed by atoms with Crippen LogP contribution in [0, 0.1) is 0 Å². The number of guanidine groups is 1. The van der Waals surface area contributed by atoms with Gasteiger partial charge in [-0.05, 0) is 44.0 Å². The van der Waals surface area contributed by atoms with E-state index < -0.39 is 0 Å². The van der Waals surface area contributed by atoms with Crippen molar-refractivity contribution in [2.45, 2.75) is 38.5 Å². The first kappa shape index (κ1) is 21.9. The summed E-state index contributed by atoms with van der Waals surface area (Å²) >= 11 is 0. The molecule has 7 nitrogen and oxygen atoms in total. The van der Waals surface area contributed by atoms with Gasteiger partial charge in [-0.2, -0.15) is 0 Å². The van der Waals surface area contributed by atoms with Crippen molar-refractivity contribution < 1.29 is 9.47 Å². The minimum Gasteiger partial charge on any atom is -0.497 e. The van der Waals surface area contributed by atoms with Gasteiger partial charge in [-0.25, -0.2) is 0 Å². The van der Waals surface area contributed by atoms with Gasteiger partial charge in [-0.3, -0.25) is 14.9 Å². The Hall–Kier alpha value is -2.80. The van der Waals surface area contributed by atoms with E-state index in [0.717, 1.165) is 55.6 Å². The predicted molar refractivity (Wildman–Crippen MR) is 120 cm³/mol. The van der Waals surface area contributed by atoms with E-state index in [4.69, 9.17) is 9.47 Å². The van der Waals surface area contributed by atoms with Crippen molar-refractivity contribution in [3.8, 4) is 11.5 Å². The topological polar surface area (TPSA) is 71.0 Å². The van der Waals surface area contributed by atoms with Gasteiger partial charge < -0.3 is 20.1 Å². The van der Waals surface area contributed by atoms with E-state index >= 15 is 0 Å². The van der Waals surface area contributed by atoms with Crippen LogP contribution in [0.4, 0.5) is 0 Å². The number of methoxy groups -OCH3 is 1. The van der Waals surface area contributed by atoms with E-state index in [-0.39, 0.29) is 6.10 Å². The number of hydrogen-bond acceptors (Lipinski definition) is 5. The fourth-order valence-corrected chi connectivity index (χ4v) is 3.53. The average Bonchev–Trinajstić information content (AvgIpc) is 2.78. The fraction of sp³-hybridized carbons (Fsp3) is 0.478. The monoisotopic (exact) mass is 411 g/mol. The number of benzene rings is 1. The molecule has 0 saturated carbocycles. The quantitative estimate of drug-likeness (QED) is 0.514. The second kappa shape index (κ2) is 11.4. The van der Waals surface area contributed by atoms with Crippen LogP contribution in [0.3, 0.4) is 0 Å². The number of aromatic nitrogens is 1. The van der Waals surface area contributed by atoms with E-state index in [1.807, 2.05) is 49.5 Å². The van der Waals surface area contributed by atoms with Crippen LogP contribution >= 0.6 is 0 Å². The number of hydrogen-bond donors (Lipinski definition) is 2. The second-order valence-electron chi connectivity index (χ2n) is 7.58. The molecule has 1 aliphatic rings. The lowest BCUT2D eigenvalue weighted by Crippen LogP contribution is -2.49. The summed E-state index contributed by atoms with van der Waals surface area (Å²) in [5.74, 6) is 2.41. The lowest BCUT2D eigenvalue weighted by molar-refractivity contribution is 0.195. The number of aliphatic imine (C=N–C) groups is 1. The molecular formula is C23H33N5O2. The molecule has 0 bridgehead atoms. The highest BCUT2D eigenvalue weighted by atomic mass is 16.5. The minimum absolute atomic E-state index is 0.00382. The van der Waals surface area contributed by atoms with E-state index in [9.17, 15) is 0 Å². The van der Waals surface area contributed by atoms with Gasteiger partial charge in [0.2, 0.25) is 0 Å². The van der Waals surface area contributed by atoms with Crippen molar-refractivity contribution in [3.63, 3.8) is 0 Å². The summed E-state index contributed by atoms with van der Waals surface area (Å²) in [5.41, 5.74) is 1.13. The molecule has 0 spiro atoms. The van der Waals surface area contributed by atoms with Gasteiger partial charge in [0.25, 0.3) is 0 Å². The first-order valence-corrected chi connectivity index (χ1v) is 10.6. The number of nitrogens with zero attached hydrogens (tertiary/aromatic N) is 3. The van der Waals surface area contributed by atoms with Gasteiger partial charge in [0, 0.05) is 45.0 Å². The Kier molecular flexibility index (Phi) is 8.32. The average molecular weight is 412 g/mol. The largest absolute Gasteiger partial charge is 0.497 e. The van der Waals surface area contributed by atoms with Gasteiger partial charge in [0.15, 0.2) is 5.96 Å². The highest BCUT2D eigenvalue weighted by molar-refractivity contribution is 5.80. The molecule has 1 fully saturated rings. The number of ether oxygens (including phenoxy) is 2. The van der Waals surface area contributed by atoms with Crippen molar-refractivity contribution in [1.29, 1.82) is 0 Å². The molecule has 162 valence electrons. The predicted octanol–water partition coefficient (Wildman–Crippen LogP) is 2.69. The Labute approximate surface area is 179 Å². The van der Waals surface area contributed by atoms with Crippen LogP contribution < -0.4 is 20.1 Å². The molecule has 3 rings (SSSR count). The molecule has 0 radical (unpaired) electrons. The third-order valence-electron chi connectivity index (χ3n) is 5.20. The highest BCUT2D eigenvalue weighted by Crippen LogP contribution is 2.19. The van der Waals surface area contributed by atoms with Crippen molar-refractivity contribution >= 4 is 5.96 Å². The van der Waals surface area contributed by atoms with Crippen molar-refractivity contribution in [2.24, 2.45) is 4.99 Å². The molecule has 1 atom stereocenters. The Morgan fingerprint density at radius 3 is 2.70 bits per heavy atom. The molecule has 1 saturated heterocycles. The molecular weight excluding hydrogens is 378 g/mol. The zero-order chi connectivity index (χ0) is 21.2. The van der Waals surface area contributed by atoms with Crippen LogP contribution in [0.15, 0.2) is 53.7 Å². The number of nitrogens with one attached hydrogen (secondary N) is 2. The van der Waals surface area contributed by atoms with Crippen LogP contribution in [-0.2, 0) is 6.54 Å². The van der Waals surface area contributed by atoms with Gasteiger partial charge in [-0.1, -0.05) is 12.1 Å². The van der Waals surface area contributed by atoms with Crippen LogP contribution in [0.2, 0.25) is 0 Å². The molecule has 1 aromatic carbocycles. The molecule has 30 heavy (non-hydrogen) atoms. The molecule has 0 aliphatic carbocycles. The number of pyridine rings is 1. The molecule has 1 unspecified atom stereocenters. The molecule has 0 amide bonds. The zero-order valence-corrected chi connectivity index (χ0v) is 18.2. The number of likely N-dealkylation sites (tertiary alicyclic amines) is 1. The van der Waals surface area contributed by atoms with E-state index in [0.29, 0.717) is 12.6 Å². The van der Waals surface area contributed by atoms with E-state index in [1.165, 1.54) is 0 Å². The van der Waals surface area contributed by atoms with Gasteiger partial charge >= 0.3 is 0 Å². The summed E-state index contributed by atoms with van der Waals surface area (Å²) in [4.78, 5) is 11.3. The van der Waals surface area contributed by atoms with Crippen LogP contribution in [0.25, 0.3) is 0 Å². The molecule has 1 aromatic heterocycles. The highest BCUT2D eigenvalue weighted by Gasteiger charge is 2.20. The van der Waals surface area contributed by atoms with Crippen molar-refractivity contribution in [1.82, 2.24) is 20.5 Å². The second-order valence-corrected chi connectivity index (χ2v) is 7.58. The van der Waals surface area contributed by atoms with Crippen LogP contribution in [0.1, 0.15) is 25.5 Å². The first-order chi connectivity index (χ1) is 14.7. The summed E-state index contributed by atoms with van der Waals surface area (Å²) < 4.78 is 11.2. The maximum Gasteiger partial charge on any atom is 0.191 e. The third kappa shape index (κ3) is 6.91. The van der Waals surface area contributed by atoms with E-state index in [2.05, 4.69) is 31.6 Å². The molecule has 2 aromatic rings. The first-order valence-electron chi connectivity index (χ1n) is 10.6. The smallest absolute Gasteiger partial charge is 0.191 e.